The number of carbonyl (C=O) groups is 2. The van der Waals surface area contributed by atoms with Crippen molar-refractivity contribution in [3.8, 4) is 0 Å². The van der Waals surface area contributed by atoms with Gasteiger partial charge in [-0.05, 0) is 70.6 Å². The Balaban J connectivity index is 4.46. The first-order chi connectivity index (χ1) is 27.0. The second kappa shape index (κ2) is 38.2. The van der Waals surface area contributed by atoms with E-state index >= 15 is 0 Å². The molecule has 1 unspecified atom stereocenters. The van der Waals surface area contributed by atoms with E-state index in [0.717, 1.165) is 70.6 Å². The van der Waals surface area contributed by atoms with E-state index in [9.17, 15) is 19.0 Å². The van der Waals surface area contributed by atoms with Gasteiger partial charge in [0.05, 0.1) is 27.7 Å². The molecule has 0 radical (unpaired) electrons. The van der Waals surface area contributed by atoms with Crippen molar-refractivity contribution in [3.63, 3.8) is 0 Å². The van der Waals surface area contributed by atoms with Crippen LogP contribution >= 0.6 is 7.82 Å². The Hall–Kier alpha value is -2.29. The van der Waals surface area contributed by atoms with Gasteiger partial charge in [0.15, 0.2) is 6.10 Å². The molecule has 324 valence electrons. The maximum Gasteiger partial charge on any atom is 0.306 e. The number of phosphoric acid groups is 1. The fourth-order valence-electron chi connectivity index (χ4n) is 5.59. The Morgan fingerprint density at radius 3 is 1.57 bits per heavy atom. The van der Waals surface area contributed by atoms with Crippen LogP contribution in [0.1, 0.15) is 168 Å². The largest absolute Gasteiger partial charge is 0.756 e. The molecule has 0 rings (SSSR count). The number of likely N-dealkylation sites (N-methyl/N-ethyl adjacent to an activating group) is 1. The van der Waals surface area contributed by atoms with Crippen molar-refractivity contribution in [2.75, 3.05) is 47.5 Å². The Morgan fingerprint density at radius 2 is 1.04 bits per heavy atom. The second-order valence-corrected chi connectivity index (χ2v) is 17.1. The summed E-state index contributed by atoms with van der Waals surface area (Å²) in [5.74, 6) is -0.911. The Labute approximate surface area is 343 Å². The van der Waals surface area contributed by atoms with E-state index < -0.39 is 32.5 Å². The van der Waals surface area contributed by atoms with Crippen molar-refractivity contribution in [2.45, 2.75) is 174 Å². The molecule has 0 aromatic carbocycles. The molecule has 0 N–H and O–H groups in total. The molecule has 0 aromatic heterocycles. The molecule has 0 fully saturated rings. The van der Waals surface area contributed by atoms with Gasteiger partial charge in [0, 0.05) is 12.8 Å². The van der Waals surface area contributed by atoms with E-state index in [1.165, 1.54) is 57.8 Å². The van der Waals surface area contributed by atoms with Crippen LogP contribution in [0.25, 0.3) is 0 Å². The fraction of sp³-hybridized carbons (Fsp3) is 0.739. The maximum absolute atomic E-state index is 12.7. The third kappa shape index (κ3) is 41.3. The van der Waals surface area contributed by atoms with Crippen LogP contribution in [0.3, 0.4) is 0 Å². The van der Waals surface area contributed by atoms with Crippen molar-refractivity contribution in [1.29, 1.82) is 0 Å². The zero-order valence-electron chi connectivity index (χ0n) is 36.3. The summed E-state index contributed by atoms with van der Waals surface area (Å²) in [4.78, 5) is 37.5. The molecule has 2 atom stereocenters. The van der Waals surface area contributed by atoms with Crippen molar-refractivity contribution in [3.05, 3.63) is 60.8 Å². The molecule has 0 bridgehead atoms. The predicted octanol–water partition coefficient (Wildman–Crippen LogP) is 11.8. The summed E-state index contributed by atoms with van der Waals surface area (Å²) >= 11 is 0. The van der Waals surface area contributed by atoms with Crippen molar-refractivity contribution < 1.29 is 42.1 Å². The minimum atomic E-state index is -4.64. The molecular weight excluding hydrogens is 725 g/mol. The minimum Gasteiger partial charge on any atom is -0.756 e. The minimum absolute atomic E-state index is 0.0436. The van der Waals surface area contributed by atoms with Crippen LogP contribution in [0.4, 0.5) is 0 Å². The number of esters is 2. The second-order valence-electron chi connectivity index (χ2n) is 15.7. The van der Waals surface area contributed by atoms with Gasteiger partial charge in [-0.15, -0.1) is 0 Å². The molecule has 0 aromatic rings. The lowest BCUT2D eigenvalue weighted by Crippen LogP contribution is -2.37. The number of allylic oxidation sites excluding steroid dienone is 10. The number of nitrogens with zero attached hydrogens (tertiary/aromatic N) is 1. The van der Waals surface area contributed by atoms with Gasteiger partial charge in [0.1, 0.15) is 19.8 Å². The highest BCUT2D eigenvalue weighted by atomic mass is 31.2. The first-order valence-electron chi connectivity index (χ1n) is 22.0. The summed E-state index contributed by atoms with van der Waals surface area (Å²) in [5.41, 5.74) is 0. The van der Waals surface area contributed by atoms with Crippen LogP contribution in [0.2, 0.25) is 0 Å². The first kappa shape index (κ1) is 53.7. The Kier molecular flexibility index (Phi) is 36.7. The number of rotatable bonds is 39. The monoisotopic (exact) mass is 808 g/mol. The number of phosphoric ester groups is 1. The number of hydrogen-bond donors (Lipinski definition) is 0. The van der Waals surface area contributed by atoms with E-state index in [4.69, 9.17) is 18.5 Å². The third-order valence-corrected chi connectivity index (χ3v) is 9.99. The molecule has 0 aliphatic carbocycles. The van der Waals surface area contributed by atoms with Gasteiger partial charge in [-0.2, -0.15) is 0 Å². The highest BCUT2D eigenvalue weighted by Crippen LogP contribution is 2.38. The van der Waals surface area contributed by atoms with Crippen LogP contribution in [-0.4, -0.2) is 70.0 Å². The van der Waals surface area contributed by atoms with Gasteiger partial charge in [-0.25, -0.2) is 0 Å². The fourth-order valence-corrected chi connectivity index (χ4v) is 6.32. The summed E-state index contributed by atoms with van der Waals surface area (Å²) in [6.07, 6.45) is 45.4. The van der Waals surface area contributed by atoms with Crippen molar-refractivity contribution in [1.82, 2.24) is 0 Å². The van der Waals surface area contributed by atoms with E-state index in [-0.39, 0.29) is 26.1 Å². The molecule has 0 spiro atoms. The predicted molar refractivity (Wildman–Crippen MR) is 231 cm³/mol. The van der Waals surface area contributed by atoms with E-state index in [2.05, 4.69) is 74.6 Å². The van der Waals surface area contributed by atoms with Crippen molar-refractivity contribution >= 4 is 19.8 Å². The smallest absolute Gasteiger partial charge is 0.306 e. The molecule has 10 heteroatoms. The lowest BCUT2D eigenvalue weighted by atomic mass is 10.1. The zero-order valence-corrected chi connectivity index (χ0v) is 37.2. The van der Waals surface area contributed by atoms with Crippen LogP contribution in [0.15, 0.2) is 60.8 Å². The summed E-state index contributed by atoms with van der Waals surface area (Å²) in [6, 6.07) is 0. The number of carbonyl (C=O) groups excluding carboxylic acids is 2. The lowest BCUT2D eigenvalue weighted by Gasteiger charge is -2.28. The van der Waals surface area contributed by atoms with Crippen molar-refractivity contribution in [2.24, 2.45) is 0 Å². The van der Waals surface area contributed by atoms with E-state index in [1.807, 2.05) is 21.1 Å². The third-order valence-electron chi connectivity index (χ3n) is 9.02. The Morgan fingerprint density at radius 1 is 0.571 bits per heavy atom. The van der Waals surface area contributed by atoms with Gasteiger partial charge in [-0.3, -0.25) is 14.2 Å². The SMILES string of the molecule is CC/C=C/C/C=C/C/C=C/CCCCCCCC(=O)OC[C@H](COP(=O)([O-])OCC[N+](C)(C)C)OC(=O)CCC/C=C/C/C=C/CCCCCCCCCCC. The van der Waals surface area contributed by atoms with Gasteiger partial charge >= 0.3 is 11.9 Å². The standard InChI is InChI=1S/C46H82NO8P/c1-6-8-10-12-14-16-18-20-22-23-25-27-29-31-33-35-37-39-46(49)55-44(43-54-56(50,51)53-41-40-47(3,4)5)42-52-45(48)38-36-34-32-30-28-26-24-21-19-17-15-13-11-9-7-2/h9,11,15,17,21,24-25,27,31,33,44H,6-8,10,12-14,16,18-20,22-23,26,28-30,32,34-43H2,1-5H3/b11-9+,17-15+,24-21+,27-25+,33-31+/t44-/m1/s1. The van der Waals surface area contributed by atoms with Crippen LogP contribution in [0.5, 0.6) is 0 Å². The highest BCUT2D eigenvalue weighted by molar-refractivity contribution is 7.45. The molecule has 0 saturated carbocycles. The molecule has 0 aliphatic heterocycles. The average Bonchev–Trinajstić information content (AvgIpc) is 3.15. The molecule has 0 amide bonds. The maximum atomic E-state index is 12.7. The molecule has 0 heterocycles. The van der Waals surface area contributed by atoms with E-state index in [0.29, 0.717) is 23.9 Å². The highest BCUT2D eigenvalue weighted by Gasteiger charge is 2.21. The van der Waals surface area contributed by atoms with Crippen LogP contribution in [0, 0.1) is 0 Å². The molecule has 0 aliphatic rings. The van der Waals surface area contributed by atoms with E-state index in [1.54, 1.807) is 0 Å². The summed E-state index contributed by atoms with van der Waals surface area (Å²) in [5, 5.41) is 0. The van der Waals surface area contributed by atoms with Gasteiger partial charge in [0.2, 0.25) is 0 Å². The summed E-state index contributed by atoms with van der Waals surface area (Å²) in [7, 11) is 1.12. The number of ether oxygens (including phenoxy) is 2. The number of quaternary nitrogens is 1. The number of unbranched alkanes of at least 4 members (excludes halogenated alkanes) is 15. The lowest BCUT2D eigenvalue weighted by molar-refractivity contribution is -0.870. The number of hydrogen-bond acceptors (Lipinski definition) is 8. The molecule has 56 heavy (non-hydrogen) atoms. The van der Waals surface area contributed by atoms with Crippen LogP contribution in [-0.2, 0) is 32.7 Å². The first-order valence-corrected chi connectivity index (χ1v) is 23.5. The summed E-state index contributed by atoms with van der Waals surface area (Å²) in [6.45, 7) is 4.03. The quantitative estimate of drug-likeness (QED) is 0.0198. The average molecular weight is 808 g/mol. The van der Waals surface area contributed by atoms with Gasteiger partial charge in [-0.1, -0.05) is 145 Å². The van der Waals surface area contributed by atoms with Gasteiger partial charge in [0.25, 0.3) is 7.82 Å². The molecular formula is C46H82NO8P. The normalized spacial score (nSPS) is 14.2. The topological polar surface area (TPSA) is 111 Å². The van der Waals surface area contributed by atoms with Crippen LogP contribution < -0.4 is 4.89 Å². The molecule has 0 saturated heterocycles. The zero-order chi connectivity index (χ0) is 41.4. The Bertz CT molecular complexity index is 1140. The summed E-state index contributed by atoms with van der Waals surface area (Å²) < 4.78 is 33.8. The molecule has 9 nitrogen and oxygen atoms in total. The van der Waals surface area contributed by atoms with Gasteiger partial charge < -0.3 is 27.9 Å².